The van der Waals surface area contributed by atoms with E-state index in [0.717, 1.165) is 47.0 Å². The molecule has 1 amide bonds. The number of amides is 1. The molecule has 0 bridgehead atoms. The van der Waals surface area contributed by atoms with Gasteiger partial charge in [0, 0.05) is 43.4 Å². The molecule has 8 heteroatoms. The molecule has 162 valence electrons. The van der Waals surface area contributed by atoms with Crippen LogP contribution in [0.25, 0.3) is 10.9 Å². The number of nitrogens with zero attached hydrogens (tertiary/aromatic N) is 3. The Morgan fingerprint density at radius 3 is 2.48 bits per heavy atom. The predicted molar refractivity (Wildman–Crippen MR) is 126 cm³/mol. The fourth-order valence-electron chi connectivity index (χ4n) is 3.92. The Kier molecular flexibility index (Phi) is 6.58. The van der Waals surface area contributed by atoms with Crippen molar-refractivity contribution in [3.05, 3.63) is 74.9 Å². The lowest BCUT2D eigenvalue weighted by atomic mass is 10.1. The quantitative estimate of drug-likeness (QED) is 0.640. The highest BCUT2D eigenvalue weighted by atomic mass is 32.2. The van der Waals surface area contributed by atoms with Gasteiger partial charge in [-0.25, -0.2) is 4.79 Å². The monoisotopic (exact) mass is 438 g/mol. The second-order valence-corrected chi connectivity index (χ2v) is 8.75. The van der Waals surface area contributed by atoms with Crippen LogP contribution < -0.4 is 16.6 Å². The molecule has 1 N–H and O–H groups in total. The maximum atomic E-state index is 12.9. The van der Waals surface area contributed by atoms with E-state index in [1.54, 1.807) is 31.2 Å². The van der Waals surface area contributed by atoms with Gasteiger partial charge < -0.3 is 5.32 Å². The van der Waals surface area contributed by atoms with Gasteiger partial charge in [-0.15, -0.1) is 0 Å². The molecule has 0 spiro atoms. The van der Waals surface area contributed by atoms with E-state index in [4.69, 9.17) is 0 Å². The van der Waals surface area contributed by atoms with Crippen LogP contribution in [0.5, 0.6) is 0 Å². The van der Waals surface area contributed by atoms with E-state index in [0.29, 0.717) is 10.9 Å². The summed E-state index contributed by atoms with van der Waals surface area (Å²) in [5.41, 5.74) is 1.48. The van der Waals surface area contributed by atoms with E-state index >= 15 is 0 Å². The zero-order valence-corrected chi connectivity index (χ0v) is 18.4. The van der Waals surface area contributed by atoms with Crippen molar-refractivity contribution in [1.29, 1.82) is 0 Å². The van der Waals surface area contributed by atoms with Gasteiger partial charge >= 0.3 is 5.69 Å². The van der Waals surface area contributed by atoms with Crippen LogP contribution in [0.2, 0.25) is 0 Å². The number of benzene rings is 2. The van der Waals surface area contributed by atoms with Gasteiger partial charge in [-0.2, -0.15) is 11.8 Å². The summed E-state index contributed by atoms with van der Waals surface area (Å²) >= 11 is 1.96. The van der Waals surface area contributed by atoms with Crippen LogP contribution in [0.4, 0.5) is 5.69 Å². The number of carbonyl (C=O) groups excluding carboxylic acids is 1. The average Bonchev–Trinajstić information content (AvgIpc) is 2.79. The van der Waals surface area contributed by atoms with Crippen molar-refractivity contribution >= 4 is 34.3 Å². The molecule has 0 unspecified atom stereocenters. The number of anilines is 1. The molecule has 1 aliphatic rings. The molecule has 1 aliphatic heterocycles. The van der Waals surface area contributed by atoms with Crippen LogP contribution in [0.3, 0.4) is 0 Å². The zero-order chi connectivity index (χ0) is 21.8. The number of fused-ring (bicyclic) bond motifs is 1. The lowest BCUT2D eigenvalue weighted by molar-refractivity contribution is -0.116. The van der Waals surface area contributed by atoms with Gasteiger partial charge in [0.15, 0.2) is 0 Å². The Morgan fingerprint density at radius 1 is 1.00 bits per heavy atom. The van der Waals surface area contributed by atoms with Crippen LogP contribution >= 0.6 is 11.8 Å². The van der Waals surface area contributed by atoms with Crippen LogP contribution in [-0.2, 0) is 24.4 Å². The summed E-state index contributed by atoms with van der Waals surface area (Å²) in [6, 6.07) is 14.7. The smallest absolute Gasteiger partial charge is 0.324 e. The molecule has 0 atom stereocenters. The standard InChI is InChI=1S/C23H26N4O3S/c1-2-26-22(29)18-8-4-6-10-20(18)27(23(26)30)16-21(28)24-19-9-5-3-7-17(19)15-25-11-13-31-14-12-25/h3-10H,2,11-16H2,1H3,(H,24,28). The van der Waals surface area contributed by atoms with Gasteiger partial charge in [-0.3, -0.25) is 23.6 Å². The maximum Gasteiger partial charge on any atom is 0.331 e. The summed E-state index contributed by atoms with van der Waals surface area (Å²) in [6.07, 6.45) is 0. The molecule has 1 fully saturated rings. The number of thioether (sulfide) groups is 1. The molecule has 0 saturated carbocycles. The summed E-state index contributed by atoms with van der Waals surface area (Å²) in [5, 5.41) is 3.41. The SMILES string of the molecule is CCn1c(=O)c2ccccc2n(CC(=O)Nc2ccccc2CN2CCSCC2)c1=O. The van der Waals surface area contributed by atoms with Gasteiger partial charge in [-0.1, -0.05) is 30.3 Å². The van der Waals surface area contributed by atoms with Gasteiger partial charge in [0.1, 0.15) is 6.54 Å². The van der Waals surface area contributed by atoms with E-state index in [9.17, 15) is 14.4 Å². The number of aromatic nitrogens is 2. The first-order chi connectivity index (χ1) is 15.1. The predicted octanol–water partition coefficient (Wildman–Crippen LogP) is 2.37. The van der Waals surface area contributed by atoms with Crippen LogP contribution in [0.15, 0.2) is 58.1 Å². The lowest BCUT2D eigenvalue weighted by Gasteiger charge is -2.27. The van der Waals surface area contributed by atoms with E-state index in [-0.39, 0.29) is 24.6 Å². The normalized spacial score (nSPS) is 14.6. The van der Waals surface area contributed by atoms with E-state index in [2.05, 4.69) is 10.2 Å². The van der Waals surface area contributed by atoms with Crippen molar-refractivity contribution in [3.8, 4) is 0 Å². The third-order valence-corrected chi connectivity index (χ3v) is 6.48. The minimum Gasteiger partial charge on any atom is -0.324 e. The Balaban J connectivity index is 1.60. The molecule has 2 aromatic carbocycles. The van der Waals surface area contributed by atoms with E-state index < -0.39 is 5.69 Å². The number of nitrogens with one attached hydrogen (secondary N) is 1. The Bertz CT molecular complexity index is 1210. The van der Waals surface area contributed by atoms with E-state index in [1.807, 2.05) is 36.0 Å². The first-order valence-electron chi connectivity index (χ1n) is 10.5. The molecular weight excluding hydrogens is 412 g/mol. The summed E-state index contributed by atoms with van der Waals surface area (Å²) in [5.74, 6) is 1.95. The molecule has 1 aromatic heterocycles. The maximum absolute atomic E-state index is 12.9. The zero-order valence-electron chi connectivity index (χ0n) is 17.5. The number of hydrogen-bond acceptors (Lipinski definition) is 5. The van der Waals surface area contributed by atoms with Crippen molar-refractivity contribution in [2.45, 2.75) is 26.6 Å². The fourth-order valence-corrected chi connectivity index (χ4v) is 4.89. The fraction of sp³-hybridized carbons (Fsp3) is 0.348. The number of rotatable bonds is 6. The summed E-state index contributed by atoms with van der Waals surface area (Å²) < 4.78 is 2.54. The Morgan fingerprint density at radius 2 is 1.71 bits per heavy atom. The van der Waals surface area contributed by atoms with Crippen molar-refractivity contribution in [3.63, 3.8) is 0 Å². The molecular formula is C23H26N4O3S. The van der Waals surface area contributed by atoms with Crippen molar-refractivity contribution < 1.29 is 4.79 Å². The van der Waals surface area contributed by atoms with Gasteiger partial charge in [-0.05, 0) is 30.7 Å². The van der Waals surface area contributed by atoms with Gasteiger partial charge in [0.25, 0.3) is 5.56 Å². The number of carbonyl (C=O) groups is 1. The number of para-hydroxylation sites is 2. The molecule has 3 aromatic rings. The van der Waals surface area contributed by atoms with Crippen LogP contribution in [0, 0.1) is 0 Å². The molecule has 31 heavy (non-hydrogen) atoms. The minimum atomic E-state index is -0.472. The minimum absolute atomic E-state index is 0.158. The first kappa shape index (κ1) is 21.4. The summed E-state index contributed by atoms with van der Waals surface area (Å²) in [7, 11) is 0. The molecule has 7 nitrogen and oxygen atoms in total. The third-order valence-electron chi connectivity index (χ3n) is 5.54. The van der Waals surface area contributed by atoms with Crippen molar-refractivity contribution in [2.24, 2.45) is 0 Å². The topological polar surface area (TPSA) is 76.3 Å². The lowest BCUT2D eigenvalue weighted by Crippen LogP contribution is -2.41. The molecule has 2 heterocycles. The van der Waals surface area contributed by atoms with Crippen LogP contribution in [-0.4, -0.2) is 44.5 Å². The molecule has 4 rings (SSSR count). The highest BCUT2D eigenvalue weighted by Crippen LogP contribution is 2.20. The summed E-state index contributed by atoms with van der Waals surface area (Å²) in [6.45, 7) is 4.69. The van der Waals surface area contributed by atoms with Crippen molar-refractivity contribution in [2.75, 3.05) is 29.9 Å². The highest BCUT2D eigenvalue weighted by molar-refractivity contribution is 7.99. The number of hydrogen-bond donors (Lipinski definition) is 1. The Labute approximate surface area is 184 Å². The average molecular weight is 439 g/mol. The molecule has 0 radical (unpaired) electrons. The second-order valence-electron chi connectivity index (χ2n) is 7.53. The molecule has 0 aliphatic carbocycles. The van der Waals surface area contributed by atoms with Crippen LogP contribution in [0.1, 0.15) is 12.5 Å². The highest BCUT2D eigenvalue weighted by Gasteiger charge is 2.16. The second kappa shape index (κ2) is 9.53. The third kappa shape index (κ3) is 4.60. The largest absolute Gasteiger partial charge is 0.331 e. The van der Waals surface area contributed by atoms with E-state index in [1.165, 1.54) is 4.57 Å². The van der Waals surface area contributed by atoms with Gasteiger partial charge in [0.05, 0.1) is 10.9 Å². The molecule has 1 saturated heterocycles. The summed E-state index contributed by atoms with van der Waals surface area (Å²) in [4.78, 5) is 40.8. The van der Waals surface area contributed by atoms with Crippen molar-refractivity contribution in [1.82, 2.24) is 14.0 Å². The Hall–Kier alpha value is -2.84. The first-order valence-corrected chi connectivity index (χ1v) is 11.6. The van der Waals surface area contributed by atoms with Gasteiger partial charge in [0.2, 0.25) is 5.91 Å².